The number of aromatic nitrogens is 3. The summed E-state index contributed by atoms with van der Waals surface area (Å²) in [5, 5.41) is 13.9. The number of aliphatic imine (C=N–C) groups is 1. The van der Waals surface area contributed by atoms with Gasteiger partial charge in [-0.15, -0.1) is 34.2 Å². The van der Waals surface area contributed by atoms with Crippen LogP contribution in [0.25, 0.3) is 5.65 Å². The van der Waals surface area contributed by atoms with Gasteiger partial charge in [-0.2, -0.15) is 13.2 Å². The van der Waals surface area contributed by atoms with Crippen molar-refractivity contribution in [2.24, 2.45) is 4.99 Å². The lowest BCUT2D eigenvalue weighted by Gasteiger charge is -2.23. The number of guanidine groups is 1. The van der Waals surface area contributed by atoms with Crippen molar-refractivity contribution in [1.82, 2.24) is 25.2 Å². The molecule has 0 saturated heterocycles. The number of alkyl halides is 3. The second-order valence-electron chi connectivity index (χ2n) is 6.45. The van der Waals surface area contributed by atoms with Gasteiger partial charge in [0.1, 0.15) is 6.54 Å². The maximum absolute atomic E-state index is 13.0. The first-order valence-corrected chi connectivity index (χ1v) is 8.06. The SMILES string of the molecule is CCNC(=NCc1nnc2c(Cl)cc(C(F)(F)F)cn12)NC(C)(C)C.I. The normalized spacial score (nSPS) is 12.8. The molecule has 0 aliphatic carbocycles. The standard InChI is InChI=1S/C15H20ClF3N6.HI/c1-5-20-13(22-14(2,3)4)21-7-11-23-24-12-10(16)6-9(8-25(11)12)15(17,18)19;/h6,8H,5,7H2,1-4H3,(H2,20,21,22);1H. The first-order chi connectivity index (χ1) is 11.5. The number of hydrogen-bond acceptors (Lipinski definition) is 3. The number of halogens is 5. The third kappa shape index (κ3) is 5.86. The molecule has 0 bridgehead atoms. The highest BCUT2D eigenvalue weighted by Gasteiger charge is 2.32. The molecule has 2 aromatic rings. The van der Waals surface area contributed by atoms with Crippen molar-refractivity contribution in [3.63, 3.8) is 0 Å². The second-order valence-corrected chi connectivity index (χ2v) is 6.86. The van der Waals surface area contributed by atoms with Gasteiger partial charge in [0.2, 0.25) is 0 Å². The number of hydrogen-bond donors (Lipinski definition) is 2. The van der Waals surface area contributed by atoms with Crippen molar-refractivity contribution in [2.75, 3.05) is 6.54 Å². The molecule has 0 fully saturated rings. The van der Waals surface area contributed by atoms with E-state index in [0.717, 1.165) is 12.3 Å². The topological polar surface area (TPSA) is 66.6 Å². The van der Waals surface area contributed by atoms with E-state index in [-0.39, 0.29) is 52.6 Å². The Bertz CT molecular complexity index is 782. The lowest BCUT2D eigenvalue weighted by molar-refractivity contribution is -0.137. The van der Waals surface area contributed by atoms with E-state index in [1.165, 1.54) is 4.40 Å². The second kappa shape index (κ2) is 8.59. The van der Waals surface area contributed by atoms with Crippen LogP contribution >= 0.6 is 35.6 Å². The van der Waals surface area contributed by atoms with Gasteiger partial charge < -0.3 is 10.6 Å². The van der Waals surface area contributed by atoms with Crippen LogP contribution in [0, 0.1) is 0 Å². The van der Waals surface area contributed by atoms with Gasteiger partial charge in [0.15, 0.2) is 17.4 Å². The average molecular weight is 505 g/mol. The molecule has 0 aliphatic heterocycles. The van der Waals surface area contributed by atoms with E-state index in [2.05, 4.69) is 25.8 Å². The Morgan fingerprint density at radius 2 is 1.92 bits per heavy atom. The average Bonchev–Trinajstić information content (AvgIpc) is 2.86. The van der Waals surface area contributed by atoms with Gasteiger partial charge in [-0.3, -0.25) is 4.40 Å². The summed E-state index contributed by atoms with van der Waals surface area (Å²) in [5.41, 5.74) is -0.927. The summed E-state index contributed by atoms with van der Waals surface area (Å²) < 4.78 is 40.1. The molecule has 11 heteroatoms. The summed E-state index contributed by atoms with van der Waals surface area (Å²) in [7, 11) is 0. The summed E-state index contributed by atoms with van der Waals surface area (Å²) >= 11 is 5.90. The largest absolute Gasteiger partial charge is 0.417 e. The van der Waals surface area contributed by atoms with Crippen molar-refractivity contribution in [3.8, 4) is 0 Å². The molecule has 26 heavy (non-hydrogen) atoms. The predicted molar refractivity (Wildman–Crippen MR) is 106 cm³/mol. The first kappa shape index (κ1) is 22.7. The monoisotopic (exact) mass is 504 g/mol. The third-order valence-corrected chi connectivity index (χ3v) is 3.35. The molecule has 146 valence electrons. The Labute approximate surface area is 171 Å². The van der Waals surface area contributed by atoms with E-state index in [9.17, 15) is 13.2 Å². The molecule has 2 rings (SSSR count). The van der Waals surface area contributed by atoms with Gasteiger partial charge in [-0.1, -0.05) is 11.6 Å². The van der Waals surface area contributed by atoms with Crippen molar-refractivity contribution in [3.05, 3.63) is 28.7 Å². The summed E-state index contributed by atoms with van der Waals surface area (Å²) in [5.74, 6) is 0.791. The fourth-order valence-electron chi connectivity index (χ4n) is 2.07. The molecule has 0 aliphatic rings. The molecule has 0 amide bonds. The summed E-state index contributed by atoms with van der Waals surface area (Å²) in [6.07, 6.45) is -3.58. The number of pyridine rings is 1. The summed E-state index contributed by atoms with van der Waals surface area (Å²) in [6.45, 7) is 8.53. The van der Waals surface area contributed by atoms with Gasteiger partial charge >= 0.3 is 6.18 Å². The summed E-state index contributed by atoms with van der Waals surface area (Å²) in [6, 6.07) is 0.837. The molecule has 0 radical (unpaired) electrons. The highest BCUT2D eigenvalue weighted by Crippen LogP contribution is 2.32. The zero-order chi connectivity index (χ0) is 18.8. The van der Waals surface area contributed by atoms with Crippen LogP contribution in [0.1, 0.15) is 39.1 Å². The number of nitrogens with one attached hydrogen (secondary N) is 2. The van der Waals surface area contributed by atoms with E-state index in [0.29, 0.717) is 12.5 Å². The molecular weight excluding hydrogens is 484 g/mol. The molecule has 2 N–H and O–H groups in total. The minimum atomic E-state index is -4.51. The fourth-order valence-corrected chi connectivity index (χ4v) is 2.32. The lowest BCUT2D eigenvalue weighted by atomic mass is 10.1. The fraction of sp³-hybridized carbons (Fsp3) is 0.533. The molecule has 2 heterocycles. The number of rotatable bonds is 3. The van der Waals surface area contributed by atoms with Crippen LogP contribution in [-0.2, 0) is 12.7 Å². The van der Waals surface area contributed by atoms with Crippen LogP contribution in [-0.4, -0.2) is 32.6 Å². The van der Waals surface area contributed by atoms with E-state index in [1.54, 1.807) is 0 Å². The Kier molecular flexibility index (Phi) is 7.52. The number of nitrogens with zero attached hydrogens (tertiary/aromatic N) is 4. The van der Waals surface area contributed by atoms with Crippen LogP contribution in [0.3, 0.4) is 0 Å². The van der Waals surface area contributed by atoms with Crippen LogP contribution in [0.2, 0.25) is 5.02 Å². The molecule has 0 atom stereocenters. The predicted octanol–water partition coefficient (Wildman–Crippen LogP) is 3.87. The van der Waals surface area contributed by atoms with Gasteiger partial charge in [0.05, 0.1) is 10.6 Å². The van der Waals surface area contributed by atoms with E-state index in [1.807, 2.05) is 27.7 Å². The van der Waals surface area contributed by atoms with Crippen molar-refractivity contribution in [2.45, 2.75) is 46.0 Å². The third-order valence-electron chi connectivity index (χ3n) is 3.07. The van der Waals surface area contributed by atoms with Gasteiger partial charge in [0, 0.05) is 18.3 Å². The van der Waals surface area contributed by atoms with Crippen molar-refractivity contribution >= 4 is 47.2 Å². The van der Waals surface area contributed by atoms with Crippen molar-refractivity contribution < 1.29 is 13.2 Å². The molecular formula is C15H21ClF3IN6. The highest BCUT2D eigenvalue weighted by molar-refractivity contribution is 14.0. The van der Waals surface area contributed by atoms with E-state index in [4.69, 9.17) is 11.6 Å². The minimum absolute atomic E-state index is 0. The molecule has 2 aromatic heterocycles. The quantitative estimate of drug-likeness (QED) is 0.378. The summed E-state index contributed by atoms with van der Waals surface area (Å²) in [4.78, 5) is 4.36. The first-order valence-electron chi connectivity index (χ1n) is 7.68. The molecule has 0 unspecified atom stereocenters. The van der Waals surface area contributed by atoms with Crippen LogP contribution < -0.4 is 10.6 Å². The van der Waals surface area contributed by atoms with Gasteiger partial charge in [-0.25, -0.2) is 4.99 Å². The van der Waals surface area contributed by atoms with Crippen LogP contribution in [0.5, 0.6) is 0 Å². The molecule has 0 aromatic carbocycles. The van der Waals surface area contributed by atoms with Crippen LogP contribution in [0.4, 0.5) is 13.2 Å². The molecule has 0 spiro atoms. The van der Waals surface area contributed by atoms with Crippen molar-refractivity contribution in [1.29, 1.82) is 0 Å². The Morgan fingerprint density at radius 3 is 2.46 bits per heavy atom. The molecule has 0 saturated carbocycles. The maximum atomic E-state index is 13.0. The molecule has 6 nitrogen and oxygen atoms in total. The Morgan fingerprint density at radius 1 is 1.27 bits per heavy atom. The zero-order valence-electron chi connectivity index (χ0n) is 14.8. The minimum Gasteiger partial charge on any atom is -0.357 e. The van der Waals surface area contributed by atoms with Gasteiger partial charge in [0.25, 0.3) is 0 Å². The van der Waals surface area contributed by atoms with E-state index < -0.39 is 11.7 Å². The van der Waals surface area contributed by atoms with E-state index >= 15 is 0 Å². The zero-order valence-corrected chi connectivity index (χ0v) is 17.9. The lowest BCUT2D eigenvalue weighted by Crippen LogP contribution is -2.47. The Balaban J connectivity index is 0.00000338. The Hall–Kier alpha value is -1.30. The van der Waals surface area contributed by atoms with Gasteiger partial charge in [-0.05, 0) is 33.8 Å². The highest BCUT2D eigenvalue weighted by atomic mass is 127. The van der Waals surface area contributed by atoms with Crippen LogP contribution in [0.15, 0.2) is 17.3 Å². The maximum Gasteiger partial charge on any atom is 0.417 e. The smallest absolute Gasteiger partial charge is 0.357 e. The number of fused-ring (bicyclic) bond motifs is 1.